The second-order valence-corrected chi connectivity index (χ2v) is 7.29. The fraction of sp³-hybridized carbons (Fsp3) is 0.312. The molecule has 2 heterocycles. The van der Waals surface area contributed by atoms with Crippen molar-refractivity contribution in [2.45, 2.75) is 18.9 Å². The molecule has 0 saturated carbocycles. The molecule has 1 fully saturated rings. The number of aromatic nitrogens is 1. The molecule has 1 aliphatic rings. The number of aryl methyl sites for hydroxylation is 1. The van der Waals surface area contributed by atoms with E-state index < -0.39 is 5.54 Å². The minimum atomic E-state index is -0.727. The number of carbonyl (C=O) groups excluding carboxylic acids is 1. The number of nitrogens with zero attached hydrogens (tertiary/aromatic N) is 2. The molecule has 112 valence electrons. The first kappa shape index (κ1) is 15.1. The van der Waals surface area contributed by atoms with Crippen molar-refractivity contribution in [3.05, 3.63) is 40.9 Å². The van der Waals surface area contributed by atoms with Crippen LogP contribution in [0.2, 0.25) is 0 Å². The molecule has 1 N–H and O–H groups in total. The summed E-state index contributed by atoms with van der Waals surface area (Å²) >= 11 is 3.26. The van der Waals surface area contributed by atoms with Crippen molar-refractivity contribution in [1.29, 1.82) is 5.26 Å². The maximum Gasteiger partial charge on any atom is 0.252 e. The van der Waals surface area contributed by atoms with Gasteiger partial charge in [0.1, 0.15) is 10.5 Å². The maximum atomic E-state index is 12.5. The molecule has 1 aliphatic heterocycles. The Morgan fingerprint density at radius 2 is 2.36 bits per heavy atom. The van der Waals surface area contributed by atoms with E-state index in [1.165, 1.54) is 0 Å². The standard InChI is InChI=1S/C16H15N3OS2/c1-11-8-22-15(18-11)13-4-2-3-12(7-13)14(20)19-16(9-17)5-6-21-10-16/h2-4,7-8H,5-6,10H2,1H3,(H,19,20)/t16-/m1/s1. The first-order valence-corrected chi connectivity index (χ1v) is 8.99. The van der Waals surface area contributed by atoms with E-state index in [-0.39, 0.29) is 5.91 Å². The lowest BCUT2D eigenvalue weighted by molar-refractivity contribution is 0.0926. The zero-order valence-corrected chi connectivity index (χ0v) is 13.8. The van der Waals surface area contributed by atoms with Gasteiger partial charge in [0.15, 0.2) is 0 Å². The maximum absolute atomic E-state index is 12.5. The van der Waals surface area contributed by atoms with Crippen molar-refractivity contribution in [2.75, 3.05) is 11.5 Å². The predicted octanol–water partition coefficient (Wildman–Crippen LogP) is 3.25. The highest BCUT2D eigenvalue weighted by atomic mass is 32.2. The van der Waals surface area contributed by atoms with Gasteiger partial charge in [0.05, 0.1) is 6.07 Å². The molecular formula is C16H15N3OS2. The molecule has 0 aliphatic carbocycles. The molecule has 3 rings (SSSR count). The number of hydrogen-bond donors (Lipinski definition) is 1. The molecule has 0 radical (unpaired) electrons. The van der Waals surface area contributed by atoms with E-state index in [1.54, 1.807) is 29.2 Å². The summed E-state index contributed by atoms with van der Waals surface area (Å²) in [5.74, 6) is 1.37. The Hall–Kier alpha value is -1.84. The number of benzene rings is 1. The van der Waals surface area contributed by atoms with Crippen molar-refractivity contribution in [3.63, 3.8) is 0 Å². The van der Waals surface area contributed by atoms with Gasteiger partial charge >= 0.3 is 0 Å². The van der Waals surface area contributed by atoms with Crippen molar-refractivity contribution >= 4 is 29.0 Å². The average Bonchev–Trinajstić information content (AvgIpc) is 3.17. The molecule has 0 unspecified atom stereocenters. The first-order chi connectivity index (χ1) is 10.6. The van der Waals surface area contributed by atoms with Gasteiger partial charge in [-0.15, -0.1) is 11.3 Å². The minimum absolute atomic E-state index is 0.195. The Kier molecular flexibility index (Phi) is 4.19. The van der Waals surface area contributed by atoms with Gasteiger partial charge < -0.3 is 5.32 Å². The summed E-state index contributed by atoms with van der Waals surface area (Å²) in [5.41, 5.74) is 1.74. The Labute approximate surface area is 137 Å². The number of thiazole rings is 1. The molecule has 1 amide bonds. The summed E-state index contributed by atoms with van der Waals surface area (Å²) in [5, 5.41) is 15.2. The molecule has 1 saturated heterocycles. The van der Waals surface area contributed by atoms with Gasteiger partial charge in [-0.2, -0.15) is 17.0 Å². The SMILES string of the molecule is Cc1csc(-c2cccc(C(=O)N[C@@]3(C#N)CCSC3)c2)n1. The van der Waals surface area contributed by atoms with E-state index >= 15 is 0 Å². The summed E-state index contributed by atoms with van der Waals surface area (Å²) in [6.07, 6.45) is 0.700. The Bertz CT molecular complexity index is 742. The van der Waals surface area contributed by atoms with Crippen LogP contribution < -0.4 is 5.32 Å². The smallest absolute Gasteiger partial charge is 0.252 e. The molecular weight excluding hydrogens is 314 g/mol. The minimum Gasteiger partial charge on any atom is -0.333 e. The number of thioether (sulfide) groups is 1. The summed E-state index contributed by atoms with van der Waals surface area (Å²) in [4.78, 5) is 16.9. The van der Waals surface area contributed by atoms with Crippen LogP contribution in [0.3, 0.4) is 0 Å². The van der Waals surface area contributed by atoms with Gasteiger partial charge in [0.2, 0.25) is 0 Å². The van der Waals surface area contributed by atoms with Crippen LogP contribution in [0.4, 0.5) is 0 Å². The van der Waals surface area contributed by atoms with Crippen molar-refractivity contribution in [3.8, 4) is 16.6 Å². The van der Waals surface area contributed by atoms with Crippen LogP contribution in [-0.4, -0.2) is 27.9 Å². The van der Waals surface area contributed by atoms with Crippen LogP contribution in [0, 0.1) is 18.3 Å². The van der Waals surface area contributed by atoms with E-state index in [4.69, 9.17) is 0 Å². The topological polar surface area (TPSA) is 65.8 Å². The lowest BCUT2D eigenvalue weighted by Crippen LogP contribution is -2.47. The van der Waals surface area contributed by atoms with Crippen molar-refractivity contribution in [1.82, 2.24) is 10.3 Å². The van der Waals surface area contributed by atoms with E-state index in [9.17, 15) is 10.1 Å². The van der Waals surface area contributed by atoms with Gasteiger partial charge in [-0.05, 0) is 31.2 Å². The quantitative estimate of drug-likeness (QED) is 0.939. The highest BCUT2D eigenvalue weighted by molar-refractivity contribution is 7.99. The zero-order valence-electron chi connectivity index (χ0n) is 12.1. The zero-order chi connectivity index (χ0) is 15.6. The fourth-order valence-corrected chi connectivity index (χ4v) is 4.41. The fourth-order valence-electron chi connectivity index (χ4n) is 2.35. The van der Waals surface area contributed by atoms with E-state index in [0.29, 0.717) is 17.7 Å². The molecule has 4 nitrogen and oxygen atoms in total. The van der Waals surface area contributed by atoms with E-state index in [0.717, 1.165) is 22.0 Å². The number of carbonyl (C=O) groups is 1. The normalized spacial score (nSPS) is 20.5. The molecule has 0 bridgehead atoms. The Morgan fingerprint density at radius 1 is 1.50 bits per heavy atom. The van der Waals surface area contributed by atoms with Gasteiger partial charge in [0.25, 0.3) is 5.91 Å². The Balaban J connectivity index is 1.83. The summed E-state index contributed by atoms with van der Waals surface area (Å²) in [6.45, 7) is 1.95. The third kappa shape index (κ3) is 3.01. The molecule has 1 aromatic carbocycles. The third-order valence-electron chi connectivity index (χ3n) is 3.58. The largest absolute Gasteiger partial charge is 0.333 e. The summed E-state index contributed by atoms with van der Waals surface area (Å²) in [6, 6.07) is 9.66. The van der Waals surface area contributed by atoms with Crippen molar-refractivity contribution < 1.29 is 4.79 Å². The number of amides is 1. The van der Waals surface area contributed by atoms with Crippen LogP contribution in [0.5, 0.6) is 0 Å². The number of nitrogens with one attached hydrogen (secondary N) is 1. The monoisotopic (exact) mass is 329 g/mol. The van der Waals surface area contributed by atoms with Gasteiger partial charge in [0, 0.05) is 28.0 Å². The van der Waals surface area contributed by atoms with E-state index in [1.807, 2.05) is 30.5 Å². The summed E-state index contributed by atoms with van der Waals surface area (Å²) in [7, 11) is 0. The van der Waals surface area contributed by atoms with Gasteiger partial charge in [-0.1, -0.05) is 12.1 Å². The Morgan fingerprint density at radius 3 is 3.00 bits per heavy atom. The van der Waals surface area contributed by atoms with Gasteiger partial charge in [-0.3, -0.25) is 4.79 Å². The molecule has 6 heteroatoms. The molecule has 0 spiro atoms. The highest BCUT2D eigenvalue weighted by Gasteiger charge is 2.36. The van der Waals surface area contributed by atoms with Crippen LogP contribution in [0.15, 0.2) is 29.6 Å². The van der Waals surface area contributed by atoms with Crippen LogP contribution in [0.1, 0.15) is 22.5 Å². The van der Waals surface area contributed by atoms with Crippen LogP contribution in [0.25, 0.3) is 10.6 Å². The third-order valence-corrected chi connectivity index (χ3v) is 5.78. The predicted molar refractivity (Wildman–Crippen MR) is 90.0 cm³/mol. The molecule has 1 aromatic heterocycles. The molecule has 1 atom stereocenters. The van der Waals surface area contributed by atoms with Crippen molar-refractivity contribution in [2.24, 2.45) is 0 Å². The van der Waals surface area contributed by atoms with Crippen LogP contribution >= 0.6 is 23.1 Å². The van der Waals surface area contributed by atoms with Gasteiger partial charge in [-0.25, -0.2) is 4.98 Å². The highest BCUT2D eigenvalue weighted by Crippen LogP contribution is 2.28. The second-order valence-electron chi connectivity index (χ2n) is 5.33. The van der Waals surface area contributed by atoms with E-state index in [2.05, 4.69) is 16.4 Å². The molecule has 2 aromatic rings. The second kappa shape index (κ2) is 6.11. The van der Waals surface area contributed by atoms with Crippen LogP contribution in [-0.2, 0) is 0 Å². The lowest BCUT2D eigenvalue weighted by Gasteiger charge is -2.21. The first-order valence-electron chi connectivity index (χ1n) is 6.96. The lowest BCUT2D eigenvalue weighted by atomic mass is 10.00. The average molecular weight is 329 g/mol. The number of nitriles is 1. The number of rotatable bonds is 3. The molecule has 22 heavy (non-hydrogen) atoms. The summed E-state index contributed by atoms with van der Waals surface area (Å²) < 4.78 is 0. The number of hydrogen-bond acceptors (Lipinski definition) is 5.